The monoisotopic (exact) mass is 308 g/mol. The number of rotatable bonds is 3. The number of aromatic amines is 1. The number of hydrogen-bond donors (Lipinski definition) is 1. The molecule has 0 radical (unpaired) electrons. The molecule has 1 N–H and O–H groups in total. The van der Waals surface area contributed by atoms with Crippen LogP contribution < -0.4 is 0 Å². The third-order valence-corrected chi connectivity index (χ3v) is 4.75. The summed E-state index contributed by atoms with van der Waals surface area (Å²) in [5.74, 6) is 1.68. The molecule has 118 valence electrons. The Morgan fingerprint density at radius 3 is 3.26 bits per heavy atom. The Morgan fingerprint density at radius 2 is 2.35 bits per heavy atom. The molecule has 0 bridgehead atoms. The number of H-pyrrole nitrogens is 1. The van der Waals surface area contributed by atoms with E-state index in [1.54, 1.807) is 0 Å². The first kappa shape index (κ1) is 14.1. The average molecular weight is 308 g/mol. The molecule has 4 rings (SSSR count). The molecule has 0 saturated heterocycles. The summed E-state index contributed by atoms with van der Waals surface area (Å²) in [4.78, 5) is 22.2. The van der Waals surface area contributed by atoms with Crippen molar-refractivity contribution in [2.45, 2.75) is 19.4 Å². The second kappa shape index (κ2) is 5.57. The first-order chi connectivity index (χ1) is 11.2. The van der Waals surface area contributed by atoms with Gasteiger partial charge in [-0.3, -0.25) is 4.79 Å². The van der Waals surface area contributed by atoms with Crippen LogP contribution in [0.1, 0.15) is 22.6 Å². The lowest BCUT2D eigenvalue weighted by atomic mass is 9.97. The first-order valence-corrected chi connectivity index (χ1v) is 8.04. The number of nitrogens with zero attached hydrogens (tertiary/aromatic N) is 3. The standard InChI is InChI=1S/C18H20N4O/c1-21(12-13-6-9-22-10-8-19-16(22)11-13)18(23)15-4-2-3-14-5-7-20-17(14)15/h2-5,7-8,10,13,20H,6,9,11-12H2,1H3. The summed E-state index contributed by atoms with van der Waals surface area (Å²) in [7, 11) is 1.89. The lowest BCUT2D eigenvalue weighted by Crippen LogP contribution is -2.35. The van der Waals surface area contributed by atoms with Crippen LogP contribution in [0.2, 0.25) is 0 Å². The van der Waals surface area contributed by atoms with Crippen LogP contribution in [0, 0.1) is 5.92 Å². The predicted molar refractivity (Wildman–Crippen MR) is 89.3 cm³/mol. The van der Waals surface area contributed by atoms with Crippen molar-refractivity contribution in [2.75, 3.05) is 13.6 Å². The van der Waals surface area contributed by atoms with Gasteiger partial charge in [-0.15, -0.1) is 0 Å². The van der Waals surface area contributed by atoms with Crippen LogP contribution in [0.4, 0.5) is 0 Å². The summed E-state index contributed by atoms with van der Waals surface area (Å²) in [6, 6.07) is 7.84. The maximum absolute atomic E-state index is 12.8. The van der Waals surface area contributed by atoms with E-state index in [2.05, 4.69) is 14.5 Å². The van der Waals surface area contributed by atoms with Crippen molar-refractivity contribution in [3.05, 3.63) is 54.2 Å². The highest BCUT2D eigenvalue weighted by atomic mass is 16.2. The van der Waals surface area contributed by atoms with E-state index >= 15 is 0 Å². The molecule has 23 heavy (non-hydrogen) atoms. The smallest absolute Gasteiger partial charge is 0.255 e. The van der Waals surface area contributed by atoms with Gasteiger partial charge >= 0.3 is 0 Å². The molecule has 0 fully saturated rings. The van der Waals surface area contributed by atoms with E-state index in [-0.39, 0.29) is 5.91 Å². The minimum absolute atomic E-state index is 0.0759. The first-order valence-electron chi connectivity index (χ1n) is 8.04. The Labute approximate surface area is 134 Å². The number of benzene rings is 1. The molecule has 1 aliphatic heterocycles. The summed E-state index contributed by atoms with van der Waals surface area (Å²) in [5.41, 5.74) is 1.66. The van der Waals surface area contributed by atoms with Gasteiger partial charge < -0.3 is 14.5 Å². The van der Waals surface area contributed by atoms with Crippen LogP contribution in [0.15, 0.2) is 42.9 Å². The maximum Gasteiger partial charge on any atom is 0.255 e. The van der Waals surface area contributed by atoms with Gasteiger partial charge in [0.2, 0.25) is 0 Å². The molecular formula is C18H20N4O. The molecule has 0 aliphatic carbocycles. The van der Waals surface area contributed by atoms with Gasteiger partial charge in [0.05, 0.1) is 11.1 Å². The number of para-hydroxylation sites is 1. The molecule has 0 spiro atoms. The maximum atomic E-state index is 12.8. The normalized spacial score (nSPS) is 17.2. The number of carbonyl (C=O) groups excluding carboxylic acids is 1. The number of aromatic nitrogens is 3. The van der Waals surface area contributed by atoms with Gasteiger partial charge in [-0.25, -0.2) is 4.98 Å². The topological polar surface area (TPSA) is 53.9 Å². The number of fused-ring (bicyclic) bond motifs is 2. The highest BCUT2D eigenvalue weighted by molar-refractivity contribution is 6.05. The lowest BCUT2D eigenvalue weighted by Gasteiger charge is -2.28. The molecule has 5 nitrogen and oxygen atoms in total. The van der Waals surface area contributed by atoms with Crippen molar-refractivity contribution in [1.29, 1.82) is 0 Å². The highest BCUT2D eigenvalue weighted by Crippen LogP contribution is 2.22. The molecule has 5 heteroatoms. The van der Waals surface area contributed by atoms with E-state index in [4.69, 9.17) is 0 Å². The zero-order valence-electron chi connectivity index (χ0n) is 13.2. The minimum atomic E-state index is 0.0759. The van der Waals surface area contributed by atoms with E-state index in [1.165, 1.54) is 0 Å². The molecule has 1 amide bonds. The SMILES string of the molecule is CN(CC1CCn2ccnc2C1)C(=O)c1cccc2cc[nH]c12. The summed E-state index contributed by atoms with van der Waals surface area (Å²) in [6.07, 6.45) is 7.80. The Bertz CT molecular complexity index is 847. The van der Waals surface area contributed by atoms with E-state index in [1.807, 2.05) is 54.8 Å². The zero-order valence-corrected chi connectivity index (χ0v) is 13.2. The van der Waals surface area contributed by atoms with Crippen molar-refractivity contribution in [3.63, 3.8) is 0 Å². The quantitative estimate of drug-likeness (QED) is 0.809. The van der Waals surface area contributed by atoms with Crippen LogP contribution in [0.3, 0.4) is 0 Å². The molecule has 1 atom stereocenters. The van der Waals surface area contributed by atoms with Gasteiger partial charge in [0.25, 0.3) is 5.91 Å². The van der Waals surface area contributed by atoms with E-state index in [9.17, 15) is 4.79 Å². The Hall–Kier alpha value is -2.56. The van der Waals surface area contributed by atoms with Gasteiger partial charge in [0.1, 0.15) is 5.82 Å². The number of aryl methyl sites for hydroxylation is 1. The number of carbonyl (C=O) groups is 1. The molecule has 1 unspecified atom stereocenters. The van der Waals surface area contributed by atoms with Gasteiger partial charge in [-0.2, -0.15) is 0 Å². The third kappa shape index (κ3) is 2.52. The molecule has 1 aromatic carbocycles. The number of amides is 1. The Kier molecular flexibility index (Phi) is 3.41. The van der Waals surface area contributed by atoms with Crippen molar-refractivity contribution in [3.8, 4) is 0 Å². The lowest BCUT2D eigenvalue weighted by molar-refractivity contribution is 0.0765. The van der Waals surface area contributed by atoms with Crippen LogP contribution in [0.25, 0.3) is 10.9 Å². The average Bonchev–Trinajstić information content (AvgIpc) is 3.21. The number of imidazole rings is 1. The predicted octanol–water partition coefficient (Wildman–Crippen LogP) is 2.70. The molecular weight excluding hydrogens is 288 g/mol. The number of nitrogens with one attached hydrogen (secondary N) is 1. The third-order valence-electron chi connectivity index (χ3n) is 4.75. The minimum Gasteiger partial charge on any atom is -0.361 e. The van der Waals surface area contributed by atoms with E-state index < -0.39 is 0 Å². The second-order valence-corrected chi connectivity index (χ2v) is 6.33. The summed E-state index contributed by atoms with van der Waals surface area (Å²) in [6.45, 7) is 1.76. The Balaban J connectivity index is 1.50. The molecule has 0 saturated carbocycles. The molecule has 3 aromatic rings. The molecule has 1 aliphatic rings. The summed E-state index contributed by atoms with van der Waals surface area (Å²) < 4.78 is 2.21. The van der Waals surface area contributed by atoms with Gasteiger partial charge in [-0.1, -0.05) is 12.1 Å². The van der Waals surface area contributed by atoms with Gasteiger partial charge in [0, 0.05) is 50.5 Å². The Morgan fingerprint density at radius 1 is 1.43 bits per heavy atom. The fraction of sp³-hybridized carbons (Fsp3) is 0.333. The highest BCUT2D eigenvalue weighted by Gasteiger charge is 2.23. The van der Waals surface area contributed by atoms with Crippen molar-refractivity contribution < 1.29 is 4.79 Å². The van der Waals surface area contributed by atoms with Gasteiger partial charge in [0.15, 0.2) is 0 Å². The fourth-order valence-corrected chi connectivity index (χ4v) is 3.51. The largest absolute Gasteiger partial charge is 0.361 e. The van der Waals surface area contributed by atoms with Crippen molar-refractivity contribution in [2.24, 2.45) is 5.92 Å². The zero-order chi connectivity index (χ0) is 15.8. The summed E-state index contributed by atoms with van der Waals surface area (Å²) >= 11 is 0. The van der Waals surface area contributed by atoms with Crippen molar-refractivity contribution >= 4 is 16.8 Å². The molecule has 2 aromatic heterocycles. The van der Waals surface area contributed by atoms with Crippen molar-refractivity contribution in [1.82, 2.24) is 19.4 Å². The fourth-order valence-electron chi connectivity index (χ4n) is 3.51. The number of hydrogen-bond acceptors (Lipinski definition) is 2. The van der Waals surface area contributed by atoms with Gasteiger partial charge in [-0.05, 0) is 24.5 Å². The van der Waals surface area contributed by atoms with Crippen LogP contribution in [-0.4, -0.2) is 38.9 Å². The van der Waals surface area contributed by atoms with E-state index in [0.717, 1.165) is 48.2 Å². The van der Waals surface area contributed by atoms with Crippen LogP contribution in [-0.2, 0) is 13.0 Å². The second-order valence-electron chi connectivity index (χ2n) is 6.33. The molecule has 3 heterocycles. The summed E-state index contributed by atoms with van der Waals surface area (Å²) in [5, 5.41) is 1.07. The van der Waals surface area contributed by atoms with Crippen LogP contribution >= 0.6 is 0 Å². The van der Waals surface area contributed by atoms with E-state index in [0.29, 0.717) is 5.92 Å². The van der Waals surface area contributed by atoms with Crippen LogP contribution in [0.5, 0.6) is 0 Å².